The summed E-state index contributed by atoms with van der Waals surface area (Å²) in [5.41, 5.74) is 0. The van der Waals surface area contributed by atoms with Crippen molar-refractivity contribution in [2.75, 3.05) is 13.2 Å². The molecule has 2 heteroatoms. The molecule has 1 aliphatic heterocycles. The van der Waals surface area contributed by atoms with Gasteiger partial charge in [0.2, 0.25) is 0 Å². The Balaban J connectivity index is 2.20. The highest BCUT2D eigenvalue weighted by molar-refractivity contribution is 4.77. The maximum Gasteiger partial charge on any atom is 0.0433 e. The number of rotatable bonds is 4. The molecule has 0 bridgehead atoms. The van der Waals surface area contributed by atoms with Crippen molar-refractivity contribution < 1.29 is 5.11 Å². The third kappa shape index (κ3) is 3.11. The van der Waals surface area contributed by atoms with Crippen LogP contribution in [0.5, 0.6) is 0 Å². The van der Waals surface area contributed by atoms with Crippen LogP contribution in [0.25, 0.3) is 0 Å². The van der Waals surface area contributed by atoms with Crippen LogP contribution in [0.3, 0.4) is 0 Å². The molecule has 0 spiro atoms. The minimum Gasteiger partial charge on any atom is -0.396 e. The van der Waals surface area contributed by atoms with Gasteiger partial charge in [-0.1, -0.05) is 13.3 Å². The van der Waals surface area contributed by atoms with E-state index in [0.717, 1.165) is 24.9 Å². The number of piperidine rings is 1. The molecule has 2 nitrogen and oxygen atoms in total. The van der Waals surface area contributed by atoms with E-state index >= 15 is 0 Å². The molecular formula is C10H21NO. The number of nitrogens with one attached hydrogen (secondary N) is 1. The van der Waals surface area contributed by atoms with Crippen LogP contribution in [-0.2, 0) is 0 Å². The minimum absolute atomic E-state index is 0.365. The third-order valence-electron chi connectivity index (χ3n) is 2.78. The van der Waals surface area contributed by atoms with Crippen LogP contribution in [0, 0.1) is 5.92 Å². The third-order valence-corrected chi connectivity index (χ3v) is 2.78. The van der Waals surface area contributed by atoms with Crippen molar-refractivity contribution in [3.05, 3.63) is 0 Å². The molecule has 2 N–H and O–H groups in total. The van der Waals surface area contributed by atoms with Crippen molar-refractivity contribution >= 4 is 0 Å². The lowest BCUT2D eigenvalue weighted by atomic mass is 9.88. The van der Waals surface area contributed by atoms with Crippen molar-refractivity contribution in [3.8, 4) is 0 Å². The molecular weight excluding hydrogens is 150 g/mol. The first-order valence-corrected chi connectivity index (χ1v) is 5.21. The summed E-state index contributed by atoms with van der Waals surface area (Å²) in [6.45, 7) is 3.75. The second-order valence-electron chi connectivity index (χ2n) is 3.84. The first kappa shape index (κ1) is 10.0. The summed E-state index contributed by atoms with van der Waals surface area (Å²) in [5, 5.41) is 12.3. The van der Waals surface area contributed by atoms with Gasteiger partial charge in [0.15, 0.2) is 0 Å². The Morgan fingerprint density at radius 2 is 2.25 bits per heavy atom. The smallest absolute Gasteiger partial charge is 0.0433 e. The van der Waals surface area contributed by atoms with Gasteiger partial charge in [-0.15, -0.1) is 0 Å². The standard InChI is InChI=1S/C10H21NO/c1-2-3-10-8-9(5-7-12)4-6-11-10/h9-12H,2-8H2,1H3. The van der Waals surface area contributed by atoms with Crippen molar-refractivity contribution in [2.24, 2.45) is 5.92 Å². The van der Waals surface area contributed by atoms with Gasteiger partial charge in [0, 0.05) is 12.6 Å². The van der Waals surface area contributed by atoms with Gasteiger partial charge in [-0.25, -0.2) is 0 Å². The van der Waals surface area contributed by atoms with Crippen LogP contribution in [0.4, 0.5) is 0 Å². The van der Waals surface area contributed by atoms with Gasteiger partial charge in [0.25, 0.3) is 0 Å². The second kappa shape index (κ2) is 5.55. The molecule has 2 atom stereocenters. The molecule has 12 heavy (non-hydrogen) atoms. The van der Waals surface area contributed by atoms with Crippen LogP contribution in [-0.4, -0.2) is 24.3 Å². The summed E-state index contributed by atoms with van der Waals surface area (Å²) in [7, 11) is 0. The molecule has 0 radical (unpaired) electrons. The largest absolute Gasteiger partial charge is 0.396 e. The predicted molar refractivity (Wildman–Crippen MR) is 51.1 cm³/mol. The molecule has 0 aromatic carbocycles. The molecule has 0 amide bonds. The molecule has 1 aliphatic rings. The van der Waals surface area contributed by atoms with Crippen molar-refractivity contribution in [1.82, 2.24) is 5.32 Å². The zero-order valence-electron chi connectivity index (χ0n) is 8.05. The molecule has 0 saturated carbocycles. The number of hydrogen-bond donors (Lipinski definition) is 2. The van der Waals surface area contributed by atoms with Gasteiger partial charge in [0.1, 0.15) is 0 Å². The number of aliphatic hydroxyl groups is 1. The molecule has 1 rings (SSSR count). The van der Waals surface area contributed by atoms with Gasteiger partial charge in [-0.2, -0.15) is 0 Å². The monoisotopic (exact) mass is 171 g/mol. The zero-order valence-corrected chi connectivity index (χ0v) is 8.05. The summed E-state index contributed by atoms with van der Waals surface area (Å²) in [5.74, 6) is 0.771. The Kier molecular flexibility index (Phi) is 4.62. The maximum atomic E-state index is 8.81. The quantitative estimate of drug-likeness (QED) is 0.672. The van der Waals surface area contributed by atoms with Crippen molar-refractivity contribution in [2.45, 2.75) is 45.1 Å². The summed E-state index contributed by atoms with van der Waals surface area (Å²) in [4.78, 5) is 0. The van der Waals surface area contributed by atoms with E-state index in [2.05, 4.69) is 12.2 Å². The Morgan fingerprint density at radius 1 is 1.42 bits per heavy atom. The first-order chi connectivity index (χ1) is 5.86. The fourth-order valence-corrected chi connectivity index (χ4v) is 2.11. The van der Waals surface area contributed by atoms with Gasteiger partial charge < -0.3 is 10.4 Å². The van der Waals surface area contributed by atoms with E-state index in [1.165, 1.54) is 25.7 Å². The van der Waals surface area contributed by atoms with Gasteiger partial charge in [-0.3, -0.25) is 0 Å². The van der Waals surface area contributed by atoms with E-state index in [4.69, 9.17) is 5.11 Å². The highest BCUT2D eigenvalue weighted by Gasteiger charge is 2.19. The molecule has 0 aliphatic carbocycles. The predicted octanol–water partition coefficient (Wildman–Crippen LogP) is 1.54. The fourth-order valence-electron chi connectivity index (χ4n) is 2.11. The molecule has 1 heterocycles. The number of aliphatic hydroxyl groups excluding tert-OH is 1. The summed E-state index contributed by atoms with van der Waals surface area (Å²) >= 11 is 0. The first-order valence-electron chi connectivity index (χ1n) is 5.21. The van der Waals surface area contributed by atoms with E-state index in [0.29, 0.717) is 6.61 Å². The maximum absolute atomic E-state index is 8.81. The lowest BCUT2D eigenvalue weighted by Crippen LogP contribution is -2.38. The highest BCUT2D eigenvalue weighted by Crippen LogP contribution is 2.21. The zero-order chi connectivity index (χ0) is 8.81. The van der Waals surface area contributed by atoms with E-state index < -0.39 is 0 Å². The van der Waals surface area contributed by atoms with E-state index in [1.807, 2.05) is 0 Å². The van der Waals surface area contributed by atoms with Gasteiger partial charge in [-0.05, 0) is 38.1 Å². The molecule has 0 aromatic heterocycles. The second-order valence-corrected chi connectivity index (χ2v) is 3.84. The molecule has 0 aromatic rings. The van der Waals surface area contributed by atoms with Gasteiger partial charge in [0.05, 0.1) is 0 Å². The van der Waals surface area contributed by atoms with Crippen molar-refractivity contribution in [1.29, 1.82) is 0 Å². The van der Waals surface area contributed by atoms with Crippen LogP contribution in [0.2, 0.25) is 0 Å². The van der Waals surface area contributed by atoms with Crippen LogP contribution >= 0.6 is 0 Å². The van der Waals surface area contributed by atoms with Crippen molar-refractivity contribution in [3.63, 3.8) is 0 Å². The Bertz CT molecular complexity index is 100. The fraction of sp³-hybridized carbons (Fsp3) is 1.00. The minimum atomic E-state index is 0.365. The van der Waals surface area contributed by atoms with E-state index in [-0.39, 0.29) is 0 Å². The Hall–Kier alpha value is -0.0800. The lowest BCUT2D eigenvalue weighted by molar-refractivity contribution is 0.212. The summed E-state index contributed by atoms with van der Waals surface area (Å²) in [6.07, 6.45) is 6.09. The Labute approximate surface area is 75.4 Å². The van der Waals surface area contributed by atoms with E-state index in [1.54, 1.807) is 0 Å². The average Bonchev–Trinajstić information content (AvgIpc) is 2.06. The van der Waals surface area contributed by atoms with Gasteiger partial charge >= 0.3 is 0 Å². The summed E-state index contributed by atoms with van der Waals surface area (Å²) < 4.78 is 0. The normalized spacial score (nSPS) is 30.5. The van der Waals surface area contributed by atoms with Crippen LogP contribution in [0.15, 0.2) is 0 Å². The van der Waals surface area contributed by atoms with Crippen LogP contribution < -0.4 is 5.32 Å². The Morgan fingerprint density at radius 3 is 2.92 bits per heavy atom. The summed E-state index contributed by atoms with van der Waals surface area (Å²) in [6, 6.07) is 0.722. The van der Waals surface area contributed by atoms with E-state index in [9.17, 15) is 0 Å². The molecule has 1 fully saturated rings. The van der Waals surface area contributed by atoms with Crippen LogP contribution in [0.1, 0.15) is 39.0 Å². The highest BCUT2D eigenvalue weighted by atomic mass is 16.3. The lowest BCUT2D eigenvalue weighted by Gasteiger charge is -2.29. The molecule has 72 valence electrons. The SMILES string of the molecule is CCCC1CC(CCO)CCN1. The number of hydrogen-bond acceptors (Lipinski definition) is 2. The molecule has 1 saturated heterocycles. The average molecular weight is 171 g/mol. The topological polar surface area (TPSA) is 32.3 Å². The molecule has 2 unspecified atom stereocenters.